The maximum absolute atomic E-state index is 5.77. The molecule has 0 unspecified atom stereocenters. The van der Waals surface area contributed by atoms with Crippen LogP contribution in [-0.4, -0.2) is 55.4 Å². The number of nitrogens with zero attached hydrogens (tertiary/aromatic N) is 2. The molecule has 0 spiro atoms. The molecule has 4 nitrogen and oxygen atoms in total. The van der Waals surface area contributed by atoms with Gasteiger partial charge in [0.05, 0.1) is 13.2 Å². The highest BCUT2D eigenvalue weighted by atomic mass is 16.5. The van der Waals surface area contributed by atoms with Crippen molar-refractivity contribution < 1.29 is 4.74 Å². The highest BCUT2D eigenvalue weighted by molar-refractivity contribution is 5.26. The fourth-order valence-electron chi connectivity index (χ4n) is 2.60. The van der Waals surface area contributed by atoms with Crippen LogP contribution >= 0.6 is 0 Å². The second kappa shape index (κ2) is 7.08. The van der Waals surface area contributed by atoms with Gasteiger partial charge >= 0.3 is 0 Å². The number of aryl methyl sites for hydroxylation is 1. The largest absolute Gasteiger partial charge is 0.380 e. The third kappa shape index (κ3) is 4.06. The first kappa shape index (κ1) is 14.6. The van der Waals surface area contributed by atoms with Crippen molar-refractivity contribution >= 4 is 0 Å². The van der Waals surface area contributed by atoms with E-state index in [0.29, 0.717) is 0 Å². The number of hydrogen-bond donors (Lipinski definition) is 1. The Morgan fingerprint density at radius 2 is 1.95 bits per heavy atom. The van der Waals surface area contributed by atoms with E-state index in [1.54, 1.807) is 0 Å². The lowest BCUT2D eigenvalue weighted by atomic mass is 10.2. The van der Waals surface area contributed by atoms with Gasteiger partial charge in [-0.15, -0.1) is 0 Å². The Labute approximate surface area is 116 Å². The van der Waals surface area contributed by atoms with Crippen molar-refractivity contribution in [1.82, 2.24) is 14.8 Å². The molecule has 1 saturated heterocycles. The van der Waals surface area contributed by atoms with Crippen molar-refractivity contribution in [3.63, 3.8) is 0 Å². The maximum Gasteiger partial charge on any atom is 0.0593 e. The van der Waals surface area contributed by atoms with Crippen LogP contribution in [0, 0.1) is 13.8 Å². The van der Waals surface area contributed by atoms with E-state index in [1.807, 2.05) is 0 Å². The first-order valence-electron chi connectivity index (χ1n) is 7.31. The van der Waals surface area contributed by atoms with E-state index in [-0.39, 0.29) is 0 Å². The van der Waals surface area contributed by atoms with Crippen LogP contribution in [0.25, 0.3) is 0 Å². The molecule has 1 aromatic heterocycles. The molecule has 2 rings (SSSR count). The van der Waals surface area contributed by atoms with Gasteiger partial charge in [0.1, 0.15) is 0 Å². The van der Waals surface area contributed by atoms with Gasteiger partial charge in [-0.2, -0.15) is 0 Å². The van der Waals surface area contributed by atoms with Gasteiger partial charge in [0.25, 0.3) is 0 Å². The monoisotopic (exact) mass is 265 g/mol. The summed E-state index contributed by atoms with van der Waals surface area (Å²) in [4.78, 5) is 2.47. The molecule has 1 aliphatic heterocycles. The number of ether oxygens (including phenoxy) is 1. The van der Waals surface area contributed by atoms with E-state index in [0.717, 1.165) is 52.4 Å². The zero-order valence-corrected chi connectivity index (χ0v) is 12.5. The summed E-state index contributed by atoms with van der Waals surface area (Å²) in [7, 11) is 2.12. The zero-order valence-electron chi connectivity index (χ0n) is 12.5. The van der Waals surface area contributed by atoms with Crippen LogP contribution in [0.4, 0.5) is 0 Å². The third-order valence-corrected chi connectivity index (χ3v) is 4.16. The smallest absolute Gasteiger partial charge is 0.0593 e. The summed E-state index contributed by atoms with van der Waals surface area (Å²) in [5, 5.41) is 3.37. The second-order valence-electron chi connectivity index (χ2n) is 5.41. The summed E-state index contributed by atoms with van der Waals surface area (Å²) in [5.41, 5.74) is 4.11. The third-order valence-electron chi connectivity index (χ3n) is 4.16. The molecule has 1 aliphatic rings. The molecule has 0 aliphatic carbocycles. The molecule has 0 saturated carbocycles. The van der Waals surface area contributed by atoms with Crippen LogP contribution < -0.4 is 5.32 Å². The van der Waals surface area contributed by atoms with E-state index < -0.39 is 0 Å². The van der Waals surface area contributed by atoms with Gasteiger partial charge in [-0.25, -0.2) is 0 Å². The predicted octanol–water partition coefficient (Wildman–Crippen LogP) is 1.11. The van der Waals surface area contributed by atoms with E-state index in [2.05, 4.69) is 41.7 Å². The lowest BCUT2D eigenvalue weighted by molar-refractivity contribution is 0.101. The van der Waals surface area contributed by atoms with Crippen LogP contribution in [-0.2, 0) is 18.2 Å². The highest BCUT2D eigenvalue weighted by Gasteiger charge is 2.09. The molecule has 0 bridgehead atoms. The minimum Gasteiger partial charge on any atom is -0.380 e. The molecule has 1 fully saturated rings. The van der Waals surface area contributed by atoms with Crippen molar-refractivity contribution in [3.05, 3.63) is 23.0 Å². The fraction of sp³-hybridized carbons (Fsp3) is 0.733. The Morgan fingerprint density at radius 3 is 2.58 bits per heavy atom. The molecule has 4 heteroatoms. The summed E-state index contributed by atoms with van der Waals surface area (Å²) in [5.74, 6) is 0. The van der Waals surface area contributed by atoms with Gasteiger partial charge in [0.15, 0.2) is 0 Å². The van der Waals surface area contributed by atoms with Crippen molar-refractivity contribution in [2.24, 2.45) is 7.05 Å². The van der Waals surface area contributed by atoms with Crippen LogP contribution in [0.15, 0.2) is 6.07 Å². The number of hydrogen-bond acceptors (Lipinski definition) is 3. The Kier molecular flexibility index (Phi) is 5.43. The van der Waals surface area contributed by atoms with Crippen LogP contribution in [0.2, 0.25) is 0 Å². The predicted molar refractivity (Wildman–Crippen MR) is 78.7 cm³/mol. The molecule has 1 aromatic rings. The number of nitrogens with one attached hydrogen (secondary N) is 1. The number of aromatic nitrogens is 1. The quantitative estimate of drug-likeness (QED) is 0.781. The van der Waals surface area contributed by atoms with Crippen molar-refractivity contribution in [2.45, 2.75) is 20.3 Å². The van der Waals surface area contributed by atoms with Gasteiger partial charge in [0.2, 0.25) is 0 Å². The van der Waals surface area contributed by atoms with Gasteiger partial charge < -0.3 is 14.6 Å². The van der Waals surface area contributed by atoms with Gasteiger partial charge in [-0.05, 0) is 31.9 Å². The van der Waals surface area contributed by atoms with E-state index >= 15 is 0 Å². The first-order valence-corrected chi connectivity index (χ1v) is 7.31. The number of piperazine rings is 1. The standard InChI is InChI=1S/C15H27N3O/c1-13-12-15(14(2)17(13)3)4-10-19-11-9-18-7-5-16-6-8-18/h12,16H,4-11H2,1-3H3. The minimum absolute atomic E-state index is 0.830. The molecule has 0 aromatic carbocycles. The molecule has 0 radical (unpaired) electrons. The highest BCUT2D eigenvalue weighted by Crippen LogP contribution is 2.13. The second-order valence-corrected chi connectivity index (χ2v) is 5.41. The molecular weight excluding hydrogens is 238 g/mol. The fourth-order valence-corrected chi connectivity index (χ4v) is 2.60. The normalized spacial score (nSPS) is 17.0. The minimum atomic E-state index is 0.830. The van der Waals surface area contributed by atoms with Crippen LogP contribution in [0.1, 0.15) is 17.0 Å². The average molecular weight is 265 g/mol. The van der Waals surface area contributed by atoms with E-state index in [4.69, 9.17) is 4.74 Å². The Balaban J connectivity index is 1.62. The molecule has 0 atom stereocenters. The van der Waals surface area contributed by atoms with Crippen molar-refractivity contribution in [1.29, 1.82) is 0 Å². The number of rotatable bonds is 6. The first-order chi connectivity index (χ1) is 9.18. The lowest BCUT2D eigenvalue weighted by Crippen LogP contribution is -2.44. The molecule has 0 amide bonds. The maximum atomic E-state index is 5.77. The van der Waals surface area contributed by atoms with Crippen LogP contribution in [0.3, 0.4) is 0 Å². The molecule has 1 N–H and O–H groups in total. The SMILES string of the molecule is Cc1cc(CCOCCN2CCNCC2)c(C)n1C. The summed E-state index contributed by atoms with van der Waals surface area (Å²) >= 11 is 0. The average Bonchev–Trinajstić information content (AvgIpc) is 2.67. The molecular formula is C15H27N3O. The topological polar surface area (TPSA) is 29.4 Å². The molecule has 19 heavy (non-hydrogen) atoms. The van der Waals surface area contributed by atoms with E-state index in [9.17, 15) is 0 Å². The van der Waals surface area contributed by atoms with Crippen molar-refractivity contribution in [3.8, 4) is 0 Å². The molecule has 108 valence electrons. The summed E-state index contributed by atoms with van der Waals surface area (Å²) < 4.78 is 8.02. The van der Waals surface area contributed by atoms with Crippen molar-refractivity contribution in [2.75, 3.05) is 45.9 Å². The molecule has 2 heterocycles. The van der Waals surface area contributed by atoms with Crippen LogP contribution in [0.5, 0.6) is 0 Å². The Morgan fingerprint density at radius 1 is 1.21 bits per heavy atom. The lowest BCUT2D eigenvalue weighted by Gasteiger charge is -2.26. The van der Waals surface area contributed by atoms with Gasteiger partial charge in [-0.1, -0.05) is 0 Å². The Bertz CT molecular complexity index is 394. The summed E-state index contributed by atoms with van der Waals surface area (Å²) in [6.45, 7) is 11.6. The Hall–Kier alpha value is -0.840. The summed E-state index contributed by atoms with van der Waals surface area (Å²) in [6, 6.07) is 2.27. The van der Waals surface area contributed by atoms with Gasteiger partial charge in [-0.3, -0.25) is 4.90 Å². The summed E-state index contributed by atoms with van der Waals surface area (Å²) in [6.07, 6.45) is 1.02. The van der Waals surface area contributed by atoms with E-state index in [1.165, 1.54) is 17.0 Å². The zero-order chi connectivity index (χ0) is 13.7. The van der Waals surface area contributed by atoms with Gasteiger partial charge in [0, 0.05) is 51.2 Å².